The van der Waals surface area contributed by atoms with E-state index < -0.39 is 0 Å². The summed E-state index contributed by atoms with van der Waals surface area (Å²) < 4.78 is 5.27. The molecular weight excluding hydrogens is 298 g/mol. The number of hydrogen-bond donors (Lipinski definition) is 1. The second kappa shape index (κ2) is 7.03. The molecule has 2 heterocycles. The topological polar surface area (TPSA) is 53.7 Å². The Hall–Kier alpha value is -1.72. The van der Waals surface area contributed by atoms with Crippen LogP contribution in [0, 0.1) is 5.92 Å². The van der Waals surface area contributed by atoms with Gasteiger partial charge in [-0.15, -0.1) is 11.8 Å². The molecule has 0 unspecified atom stereocenters. The molecule has 5 heteroatoms. The van der Waals surface area contributed by atoms with E-state index in [0.717, 1.165) is 25.1 Å². The quantitative estimate of drug-likeness (QED) is 0.859. The first-order valence-electron chi connectivity index (χ1n) is 7.41. The number of aromatic hydroxyl groups is 1. The standard InChI is InChI=1S/C17H19NO3S/c19-16-8-14(21-11-17(16)20)10-18-7-6-13(9-18)12-22-15-4-2-1-3-5-15/h1-5,8,11,13,20H,6-7,9-10,12H2/t13-/m0/s1. The third kappa shape index (κ3) is 3.93. The Bertz CT molecular complexity index is 671. The highest BCUT2D eigenvalue weighted by Crippen LogP contribution is 2.26. The molecule has 0 radical (unpaired) electrons. The Balaban J connectivity index is 1.49. The zero-order valence-corrected chi connectivity index (χ0v) is 13.1. The number of thioether (sulfide) groups is 1. The van der Waals surface area contributed by atoms with Crippen molar-refractivity contribution in [2.24, 2.45) is 5.92 Å². The predicted octanol–water partition coefficient (Wildman–Crippen LogP) is 2.96. The van der Waals surface area contributed by atoms with Crippen LogP contribution in [-0.4, -0.2) is 28.8 Å². The molecule has 0 spiro atoms. The molecule has 1 aromatic carbocycles. The molecule has 1 atom stereocenters. The average Bonchev–Trinajstić information content (AvgIpc) is 2.97. The van der Waals surface area contributed by atoms with Crippen molar-refractivity contribution in [1.82, 2.24) is 4.90 Å². The lowest BCUT2D eigenvalue weighted by atomic mass is 10.2. The molecule has 4 nitrogen and oxygen atoms in total. The van der Waals surface area contributed by atoms with Gasteiger partial charge >= 0.3 is 0 Å². The summed E-state index contributed by atoms with van der Waals surface area (Å²) in [5, 5.41) is 9.20. The summed E-state index contributed by atoms with van der Waals surface area (Å²) in [6, 6.07) is 11.8. The third-order valence-electron chi connectivity index (χ3n) is 3.84. The highest BCUT2D eigenvalue weighted by molar-refractivity contribution is 7.99. The first-order chi connectivity index (χ1) is 10.7. The van der Waals surface area contributed by atoms with E-state index in [-0.39, 0.29) is 11.2 Å². The van der Waals surface area contributed by atoms with Gasteiger partial charge in [-0.05, 0) is 31.0 Å². The molecular formula is C17H19NO3S. The zero-order valence-electron chi connectivity index (χ0n) is 12.3. The summed E-state index contributed by atoms with van der Waals surface area (Å²) in [7, 11) is 0. The van der Waals surface area contributed by atoms with Crippen molar-refractivity contribution in [3.8, 4) is 5.75 Å². The van der Waals surface area contributed by atoms with E-state index in [2.05, 4.69) is 29.2 Å². The Morgan fingerprint density at radius 1 is 1.32 bits per heavy atom. The molecule has 0 amide bonds. The lowest BCUT2D eigenvalue weighted by molar-refractivity contribution is 0.282. The summed E-state index contributed by atoms with van der Waals surface area (Å²) >= 11 is 1.90. The molecule has 1 aliphatic heterocycles. The van der Waals surface area contributed by atoms with Crippen molar-refractivity contribution in [3.63, 3.8) is 0 Å². The second-order valence-electron chi connectivity index (χ2n) is 5.61. The average molecular weight is 317 g/mol. The number of likely N-dealkylation sites (tertiary alicyclic amines) is 1. The molecule has 0 aliphatic carbocycles. The van der Waals surface area contributed by atoms with Crippen LogP contribution in [0.15, 0.2) is 56.8 Å². The van der Waals surface area contributed by atoms with Crippen LogP contribution in [0.2, 0.25) is 0 Å². The van der Waals surface area contributed by atoms with Crippen molar-refractivity contribution >= 4 is 11.8 Å². The van der Waals surface area contributed by atoms with Crippen LogP contribution in [0.4, 0.5) is 0 Å². The van der Waals surface area contributed by atoms with E-state index in [9.17, 15) is 9.90 Å². The van der Waals surface area contributed by atoms with Gasteiger partial charge in [0, 0.05) is 23.3 Å². The van der Waals surface area contributed by atoms with E-state index in [1.54, 1.807) is 0 Å². The Morgan fingerprint density at radius 2 is 2.14 bits per heavy atom. The van der Waals surface area contributed by atoms with E-state index in [4.69, 9.17) is 4.42 Å². The number of nitrogens with zero attached hydrogens (tertiary/aromatic N) is 1. The lowest BCUT2D eigenvalue weighted by Gasteiger charge is -2.15. The van der Waals surface area contributed by atoms with Gasteiger partial charge < -0.3 is 9.52 Å². The largest absolute Gasteiger partial charge is 0.502 e. The SMILES string of the molecule is O=c1cc(CN2CC[C@H](CSc3ccccc3)C2)occ1O. The van der Waals surface area contributed by atoms with Gasteiger partial charge in [-0.25, -0.2) is 0 Å². The van der Waals surface area contributed by atoms with Crippen LogP contribution in [0.1, 0.15) is 12.2 Å². The van der Waals surface area contributed by atoms with Crippen molar-refractivity contribution in [3.05, 3.63) is 58.6 Å². The molecule has 1 N–H and O–H groups in total. The maximum Gasteiger partial charge on any atom is 0.226 e. The van der Waals surface area contributed by atoms with Crippen molar-refractivity contribution < 1.29 is 9.52 Å². The maximum absolute atomic E-state index is 11.4. The monoisotopic (exact) mass is 317 g/mol. The predicted molar refractivity (Wildman–Crippen MR) is 87.2 cm³/mol. The van der Waals surface area contributed by atoms with Gasteiger partial charge in [-0.2, -0.15) is 0 Å². The van der Waals surface area contributed by atoms with Gasteiger partial charge in [0.05, 0.1) is 6.54 Å². The molecule has 1 fully saturated rings. The van der Waals surface area contributed by atoms with Crippen LogP contribution < -0.4 is 5.43 Å². The fourth-order valence-corrected chi connectivity index (χ4v) is 3.72. The zero-order chi connectivity index (χ0) is 15.4. The van der Waals surface area contributed by atoms with Crippen LogP contribution in [0.3, 0.4) is 0 Å². The highest BCUT2D eigenvalue weighted by atomic mass is 32.2. The van der Waals surface area contributed by atoms with Crippen LogP contribution in [-0.2, 0) is 6.54 Å². The minimum absolute atomic E-state index is 0.331. The van der Waals surface area contributed by atoms with Crippen molar-refractivity contribution in [1.29, 1.82) is 0 Å². The molecule has 1 aromatic heterocycles. The molecule has 3 rings (SSSR count). The first-order valence-corrected chi connectivity index (χ1v) is 8.40. The summed E-state index contributed by atoms with van der Waals surface area (Å²) in [6.45, 7) is 2.66. The summed E-state index contributed by atoms with van der Waals surface area (Å²) in [5.41, 5.74) is -0.378. The lowest BCUT2D eigenvalue weighted by Crippen LogP contribution is -2.21. The van der Waals surface area contributed by atoms with Crippen LogP contribution in [0.5, 0.6) is 5.75 Å². The Kier molecular flexibility index (Phi) is 4.85. The van der Waals surface area contributed by atoms with Crippen LogP contribution >= 0.6 is 11.8 Å². The molecule has 22 heavy (non-hydrogen) atoms. The summed E-state index contributed by atoms with van der Waals surface area (Å²) in [6.07, 6.45) is 2.29. The number of rotatable bonds is 5. The third-order valence-corrected chi connectivity index (χ3v) is 5.09. The smallest absolute Gasteiger partial charge is 0.226 e. The van der Waals surface area contributed by atoms with Gasteiger partial charge in [0.1, 0.15) is 12.0 Å². The highest BCUT2D eigenvalue weighted by Gasteiger charge is 2.23. The van der Waals surface area contributed by atoms with Gasteiger partial charge in [0.25, 0.3) is 0 Å². The fraction of sp³-hybridized carbons (Fsp3) is 0.353. The molecule has 0 bridgehead atoms. The van der Waals surface area contributed by atoms with Gasteiger partial charge in [0.15, 0.2) is 5.75 Å². The Labute approximate surface area is 133 Å². The van der Waals surface area contributed by atoms with Crippen LogP contribution in [0.25, 0.3) is 0 Å². The molecule has 0 saturated carbocycles. The van der Waals surface area contributed by atoms with Crippen molar-refractivity contribution in [2.75, 3.05) is 18.8 Å². The van der Waals surface area contributed by atoms with Gasteiger partial charge in [0.2, 0.25) is 5.43 Å². The number of benzene rings is 1. The van der Waals surface area contributed by atoms with E-state index in [1.807, 2.05) is 17.8 Å². The molecule has 116 valence electrons. The minimum atomic E-state index is -0.378. The summed E-state index contributed by atoms with van der Waals surface area (Å²) in [4.78, 5) is 15.0. The van der Waals surface area contributed by atoms with E-state index in [0.29, 0.717) is 18.2 Å². The number of hydrogen-bond acceptors (Lipinski definition) is 5. The minimum Gasteiger partial charge on any atom is -0.502 e. The molecule has 1 saturated heterocycles. The normalized spacial score (nSPS) is 18.6. The Morgan fingerprint density at radius 3 is 2.91 bits per heavy atom. The molecule has 2 aromatic rings. The first kappa shape index (κ1) is 15.2. The van der Waals surface area contributed by atoms with E-state index >= 15 is 0 Å². The maximum atomic E-state index is 11.4. The van der Waals surface area contributed by atoms with Crippen molar-refractivity contribution in [2.45, 2.75) is 17.9 Å². The molecule has 1 aliphatic rings. The van der Waals surface area contributed by atoms with Gasteiger partial charge in [-0.3, -0.25) is 9.69 Å². The van der Waals surface area contributed by atoms with E-state index in [1.165, 1.54) is 17.4 Å². The second-order valence-corrected chi connectivity index (χ2v) is 6.70. The fourth-order valence-electron chi connectivity index (χ4n) is 2.67. The summed E-state index contributed by atoms with van der Waals surface area (Å²) in [5.74, 6) is 2.05. The van der Waals surface area contributed by atoms with Gasteiger partial charge in [-0.1, -0.05) is 18.2 Å².